The normalized spacial score (nSPS) is 12.1. The molecule has 0 bridgehead atoms. The van der Waals surface area contributed by atoms with E-state index in [0.29, 0.717) is 18.2 Å². The first kappa shape index (κ1) is 18.4. The van der Waals surface area contributed by atoms with Gasteiger partial charge in [-0.05, 0) is 38.1 Å². The zero-order chi connectivity index (χ0) is 19.1. The second-order valence-corrected chi connectivity index (χ2v) is 5.69. The number of hydrogen-bond acceptors (Lipinski definition) is 6. The predicted molar refractivity (Wildman–Crippen MR) is 101 cm³/mol. The monoisotopic (exact) mass is 364 g/mol. The summed E-state index contributed by atoms with van der Waals surface area (Å²) in [6.07, 6.45) is 2.35. The molecule has 0 saturated carbocycles. The van der Waals surface area contributed by atoms with Crippen molar-refractivity contribution < 1.29 is 18.7 Å². The van der Waals surface area contributed by atoms with Crippen LogP contribution in [0.3, 0.4) is 0 Å². The number of rotatable bonds is 7. The van der Waals surface area contributed by atoms with E-state index in [-0.39, 0.29) is 5.89 Å². The van der Waals surface area contributed by atoms with Crippen LogP contribution in [0.4, 0.5) is 0 Å². The van der Waals surface area contributed by atoms with E-state index in [4.69, 9.17) is 13.9 Å². The number of aromatic nitrogens is 2. The average molecular weight is 364 g/mol. The van der Waals surface area contributed by atoms with Crippen molar-refractivity contribution in [3.8, 4) is 17.2 Å². The van der Waals surface area contributed by atoms with Crippen LogP contribution >= 0.6 is 0 Å². The maximum absolute atomic E-state index is 12.1. The highest BCUT2D eigenvalue weighted by Gasteiger charge is 2.18. The quantitative estimate of drug-likeness (QED) is 0.455. The van der Waals surface area contributed by atoms with Gasteiger partial charge in [0.2, 0.25) is 5.89 Å². The molecule has 138 valence electrons. The van der Waals surface area contributed by atoms with Gasteiger partial charge in [0.1, 0.15) is 5.75 Å². The van der Waals surface area contributed by atoms with E-state index in [0.717, 1.165) is 11.1 Å². The topological polar surface area (TPSA) is 74.5 Å². The summed E-state index contributed by atoms with van der Waals surface area (Å²) in [5.41, 5.74) is 1.61. The van der Waals surface area contributed by atoms with Gasteiger partial charge in [-0.1, -0.05) is 36.4 Å². The molecule has 0 fully saturated rings. The van der Waals surface area contributed by atoms with Crippen molar-refractivity contribution >= 4 is 12.0 Å². The third-order valence-electron chi connectivity index (χ3n) is 3.72. The number of hydrogen-bond donors (Lipinski definition) is 0. The first-order valence-corrected chi connectivity index (χ1v) is 8.66. The van der Waals surface area contributed by atoms with Crippen molar-refractivity contribution in [2.45, 2.75) is 20.0 Å². The fourth-order valence-corrected chi connectivity index (χ4v) is 2.42. The van der Waals surface area contributed by atoms with Crippen molar-refractivity contribution in [3.05, 3.63) is 72.1 Å². The van der Waals surface area contributed by atoms with Crippen molar-refractivity contribution in [2.24, 2.45) is 0 Å². The Morgan fingerprint density at radius 3 is 2.63 bits per heavy atom. The first-order chi connectivity index (χ1) is 13.2. The summed E-state index contributed by atoms with van der Waals surface area (Å²) in [5, 5.41) is 7.96. The Morgan fingerprint density at radius 1 is 1.11 bits per heavy atom. The SMILES string of the molecule is CCOc1ccccc1/C=C/C(=O)O[C@H](C)c1nnc(-c2ccccc2)o1. The molecule has 0 spiro atoms. The number of carbonyl (C=O) groups excluding carboxylic acids is 1. The molecule has 0 radical (unpaired) electrons. The highest BCUT2D eigenvalue weighted by Crippen LogP contribution is 2.23. The summed E-state index contributed by atoms with van der Waals surface area (Å²) in [6.45, 7) is 4.14. The van der Waals surface area contributed by atoms with E-state index in [9.17, 15) is 4.79 Å². The number of benzene rings is 2. The van der Waals surface area contributed by atoms with E-state index in [1.807, 2.05) is 61.5 Å². The molecule has 0 aliphatic heterocycles. The van der Waals surface area contributed by atoms with Gasteiger partial charge in [-0.2, -0.15) is 0 Å². The molecule has 27 heavy (non-hydrogen) atoms. The highest BCUT2D eigenvalue weighted by molar-refractivity contribution is 5.87. The lowest BCUT2D eigenvalue weighted by atomic mass is 10.2. The summed E-state index contributed by atoms with van der Waals surface area (Å²) in [7, 11) is 0. The van der Waals surface area contributed by atoms with Crippen LogP contribution in [0.2, 0.25) is 0 Å². The molecule has 0 saturated heterocycles. The molecule has 3 rings (SSSR count). The van der Waals surface area contributed by atoms with E-state index >= 15 is 0 Å². The van der Waals surface area contributed by atoms with Gasteiger partial charge >= 0.3 is 5.97 Å². The van der Waals surface area contributed by atoms with E-state index < -0.39 is 12.1 Å². The average Bonchev–Trinajstić information content (AvgIpc) is 3.19. The summed E-state index contributed by atoms with van der Waals surface area (Å²) in [5.74, 6) is 0.828. The fraction of sp³-hybridized carbons (Fsp3) is 0.190. The molecule has 1 atom stereocenters. The van der Waals surface area contributed by atoms with Crippen LogP contribution in [0.1, 0.15) is 31.4 Å². The van der Waals surface area contributed by atoms with Gasteiger partial charge in [0.15, 0.2) is 6.10 Å². The third kappa shape index (κ3) is 4.82. The first-order valence-electron chi connectivity index (χ1n) is 8.66. The lowest BCUT2D eigenvalue weighted by molar-refractivity contribution is -0.143. The maximum Gasteiger partial charge on any atom is 0.331 e. The van der Waals surface area contributed by atoms with Gasteiger partial charge in [0.25, 0.3) is 5.89 Å². The van der Waals surface area contributed by atoms with E-state index in [1.165, 1.54) is 6.08 Å². The maximum atomic E-state index is 12.1. The van der Waals surface area contributed by atoms with E-state index in [2.05, 4.69) is 10.2 Å². The molecule has 0 aliphatic rings. The standard InChI is InChI=1S/C21H20N2O4/c1-3-25-18-12-8-7-9-16(18)13-14-19(24)26-15(2)20-22-23-21(27-20)17-10-5-4-6-11-17/h4-15H,3H2,1-2H3/b14-13+/t15-/m1/s1. The molecule has 1 aromatic heterocycles. The fourth-order valence-electron chi connectivity index (χ4n) is 2.42. The zero-order valence-electron chi connectivity index (χ0n) is 15.2. The third-order valence-corrected chi connectivity index (χ3v) is 3.72. The Labute approximate surface area is 157 Å². The lowest BCUT2D eigenvalue weighted by Gasteiger charge is -2.08. The van der Waals surface area contributed by atoms with Crippen molar-refractivity contribution in [1.82, 2.24) is 10.2 Å². The molecular formula is C21H20N2O4. The number of esters is 1. The Morgan fingerprint density at radius 2 is 1.85 bits per heavy atom. The van der Waals surface area contributed by atoms with Gasteiger partial charge in [0, 0.05) is 17.2 Å². The van der Waals surface area contributed by atoms with Gasteiger partial charge in [-0.3, -0.25) is 0 Å². The minimum atomic E-state index is -0.658. The van der Waals surface area contributed by atoms with Crippen LogP contribution in [-0.2, 0) is 9.53 Å². The molecule has 6 nitrogen and oxygen atoms in total. The molecule has 3 aromatic rings. The van der Waals surface area contributed by atoms with Crippen LogP contribution in [0.5, 0.6) is 5.75 Å². The Hall–Kier alpha value is -3.41. The molecule has 1 heterocycles. The molecule has 2 aromatic carbocycles. The van der Waals surface area contributed by atoms with Crippen LogP contribution in [-0.4, -0.2) is 22.8 Å². The second-order valence-electron chi connectivity index (χ2n) is 5.69. The van der Waals surface area contributed by atoms with Crippen molar-refractivity contribution in [3.63, 3.8) is 0 Å². The minimum Gasteiger partial charge on any atom is -0.493 e. The Bertz CT molecular complexity index is 919. The van der Waals surface area contributed by atoms with Crippen LogP contribution in [0, 0.1) is 0 Å². The number of nitrogens with zero attached hydrogens (tertiary/aromatic N) is 2. The van der Waals surface area contributed by atoms with E-state index in [1.54, 1.807) is 13.0 Å². The molecule has 0 unspecified atom stereocenters. The second kappa shape index (κ2) is 8.80. The molecular weight excluding hydrogens is 344 g/mol. The zero-order valence-corrected chi connectivity index (χ0v) is 15.2. The summed E-state index contributed by atoms with van der Waals surface area (Å²) in [6, 6.07) is 16.9. The van der Waals surface area contributed by atoms with Gasteiger partial charge < -0.3 is 13.9 Å². The van der Waals surface area contributed by atoms with Crippen molar-refractivity contribution in [1.29, 1.82) is 0 Å². The van der Waals surface area contributed by atoms with Gasteiger partial charge in [0.05, 0.1) is 6.61 Å². The molecule has 0 N–H and O–H groups in total. The molecule has 0 aliphatic carbocycles. The lowest BCUT2D eigenvalue weighted by Crippen LogP contribution is -2.06. The summed E-state index contributed by atoms with van der Waals surface area (Å²) < 4.78 is 16.5. The van der Waals surface area contributed by atoms with Crippen LogP contribution in [0.25, 0.3) is 17.5 Å². The number of para-hydroxylation sites is 1. The van der Waals surface area contributed by atoms with Crippen LogP contribution < -0.4 is 4.74 Å². The predicted octanol–water partition coefficient (Wildman–Crippen LogP) is 4.45. The Kier molecular flexibility index (Phi) is 5.99. The highest BCUT2D eigenvalue weighted by atomic mass is 16.6. The van der Waals surface area contributed by atoms with Gasteiger partial charge in [-0.15, -0.1) is 10.2 Å². The number of ether oxygens (including phenoxy) is 2. The smallest absolute Gasteiger partial charge is 0.331 e. The summed E-state index contributed by atoms with van der Waals surface area (Å²) in [4.78, 5) is 12.1. The Balaban J connectivity index is 1.64. The summed E-state index contributed by atoms with van der Waals surface area (Å²) >= 11 is 0. The van der Waals surface area contributed by atoms with Crippen LogP contribution in [0.15, 0.2) is 65.1 Å². The molecule has 0 amide bonds. The minimum absolute atomic E-state index is 0.241. The van der Waals surface area contributed by atoms with Gasteiger partial charge in [-0.25, -0.2) is 4.79 Å². The molecule has 6 heteroatoms. The van der Waals surface area contributed by atoms with Crippen molar-refractivity contribution in [2.75, 3.05) is 6.61 Å². The number of carbonyl (C=O) groups is 1. The largest absolute Gasteiger partial charge is 0.493 e.